The fraction of sp³-hybridized carbons (Fsp3) is 0.314. The molecule has 1 unspecified atom stereocenters. The molecule has 41 heavy (non-hydrogen) atoms. The third-order valence-corrected chi connectivity index (χ3v) is 8.51. The predicted molar refractivity (Wildman–Crippen MR) is 159 cm³/mol. The molecule has 1 fully saturated rings. The number of nitriles is 1. The maximum absolute atomic E-state index is 9.81. The second kappa shape index (κ2) is 12.1. The standard InChI is InChI=1S/C35H35N3O3/c1-24-28(9-5-10-30(24)27-7-3-2-4-8-27)23-41-34-16-35(40-22-26-15-25(17-36)18-37-19-26)33(31-11-6-12-32(31)34)20-38-14-13-29(38)21-39/h2-5,7-10,15-16,18-19,29,39H,6,11-14,20-23H2,1H3. The van der Waals surface area contributed by atoms with Gasteiger partial charge in [-0.1, -0.05) is 48.5 Å². The third-order valence-electron chi connectivity index (χ3n) is 8.51. The molecular weight excluding hydrogens is 510 g/mol. The first-order chi connectivity index (χ1) is 20.1. The fourth-order valence-electron chi connectivity index (χ4n) is 6.05. The Hall–Kier alpha value is -4.18. The van der Waals surface area contributed by atoms with Gasteiger partial charge >= 0.3 is 0 Å². The molecule has 0 bridgehead atoms. The Balaban J connectivity index is 1.30. The third kappa shape index (κ3) is 5.69. The van der Waals surface area contributed by atoms with E-state index in [4.69, 9.17) is 9.47 Å². The van der Waals surface area contributed by atoms with E-state index in [1.54, 1.807) is 12.4 Å². The number of hydrogen-bond acceptors (Lipinski definition) is 6. The van der Waals surface area contributed by atoms with Crippen molar-refractivity contribution in [2.24, 2.45) is 0 Å². The van der Waals surface area contributed by atoms with Crippen LogP contribution in [0.5, 0.6) is 11.5 Å². The summed E-state index contributed by atoms with van der Waals surface area (Å²) < 4.78 is 13.1. The van der Waals surface area contributed by atoms with Crippen molar-refractivity contribution in [3.63, 3.8) is 0 Å². The maximum atomic E-state index is 9.81. The van der Waals surface area contributed by atoms with Crippen LogP contribution in [0.2, 0.25) is 0 Å². The van der Waals surface area contributed by atoms with Crippen LogP contribution >= 0.6 is 0 Å². The Kier molecular flexibility index (Phi) is 8.00. The van der Waals surface area contributed by atoms with Crippen molar-refractivity contribution in [3.05, 3.63) is 112 Å². The molecule has 1 N–H and O–H groups in total. The molecule has 0 saturated carbocycles. The summed E-state index contributed by atoms with van der Waals surface area (Å²) in [5.41, 5.74) is 9.96. The number of likely N-dealkylation sites (tertiary alicyclic amines) is 1. The number of benzene rings is 3. The molecule has 6 rings (SSSR count). The fourth-order valence-corrected chi connectivity index (χ4v) is 6.05. The summed E-state index contributed by atoms with van der Waals surface area (Å²) in [5, 5.41) is 19.1. The van der Waals surface area contributed by atoms with Crippen molar-refractivity contribution in [2.75, 3.05) is 13.2 Å². The van der Waals surface area contributed by atoms with Crippen LogP contribution in [0.3, 0.4) is 0 Å². The number of nitrogens with zero attached hydrogens (tertiary/aromatic N) is 3. The molecule has 3 aromatic carbocycles. The second-order valence-electron chi connectivity index (χ2n) is 11.0. The van der Waals surface area contributed by atoms with Gasteiger partial charge in [0.1, 0.15) is 30.8 Å². The van der Waals surface area contributed by atoms with Crippen LogP contribution in [0.15, 0.2) is 73.1 Å². The van der Waals surface area contributed by atoms with E-state index in [2.05, 4.69) is 71.4 Å². The number of rotatable bonds is 10. The van der Waals surface area contributed by atoms with Gasteiger partial charge < -0.3 is 14.6 Å². The van der Waals surface area contributed by atoms with Gasteiger partial charge in [-0.05, 0) is 72.1 Å². The molecule has 6 nitrogen and oxygen atoms in total. The lowest BCUT2D eigenvalue weighted by Gasteiger charge is -2.40. The van der Waals surface area contributed by atoms with E-state index in [-0.39, 0.29) is 12.6 Å². The number of ether oxygens (including phenoxy) is 2. The first-order valence-electron chi connectivity index (χ1n) is 14.4. The summed E-state index contributed by atoms with van der Waals surface area (Å²) in [7, 11) is 0. The lowest BCUT2D eigenvalue weighted by atomic mass is 9.96. The lowest BCUT2D eigenvalue weighted by molar-refractivity contribution is 0.0346. The summed E-state index contributed by atoms with van der Waals surface area (Å²) in [6, 6.07) is 23.1. The summed E-state index contributed by atoms with van der Waals surface area (Å²) in [5.74, 6) is 1.69. The number of fused-ring (bicyclic) bond motifs is 1. The average Bonchev–Trinajstić information content (AvgIpc) is 3.49. The van der Waals surface area contributed by atoms with Gasteiger partial charge in [0.2, 0.25) is 0 Å². The molecule has 1 atom stereocenters. The average molecular weight is 546 g/mol. The molecular formula is C35H35N3O3. The Morgan fingerprint density at radius 1 is 0.976 bits per heavy atom. The lowest BCUT2D eigenvalue weighted by Crippen LogP contribution is -2.49. The van der Waals surface area contributed by atoms with E-state index in [0.29, 0.717) is 18.8 Å². The molecule has 1 aliphatic heterocycles. The van der Waals surface area contributed by atoms with E-state index in [9.17, 15) is 10.4 Å². The topological polar surface area (TPSA) is 78.6 Å². The van der Waals surface area contributed by atoms with Crippen LogP contribution in [-0.4, -0.2) is 34.2 Å². The molecule has 4 aromatic rings. The highest BCUT2D eigenvalue weighted by Crippen LogP contribution is 2.41. The highest BCUT2D eigenvalue weighted by molar-refractivity contribution is 5.68. The van der Waals surface area contributed by atoms with Crippen LogP contribution < -0.4 is 9.47 Å². The second-order valence-corrected chi connectivity index (χ2v) is 11.0. The zero-order chi connectivity index (χ0) is 28.2. The van der Waals surface area contributed by atoms with Gasteiger partial charge in [0, 0.05) is 48.7 Å². The Morgan fingerprint density at radius 3 is 2.59 bits per heavy atom. The van der Waals surface area contributed by atoms with Crippen LogP contribution in [0.4, 0.5) is 0 Å². The van der Waals surface area contributed by atoms with Gasteiger partial charge in [-0.2, -0.15) is 5.26 Å². The molecule has 1 aliphatic carbocycles. The summed E-state index contributed by atoms with van der Waals surface area (Å²) in [6.07, 6.45) is 7.38. The smallest absolute Gasteiger partial charge is 0.128 e. The number of hydrogen-bond donors (Lipinski definition) is 1. The van der Waals surface area contributed by atoms with Gasteiger partial charge in [-0.25, -0.2) is 0 Å². The van der Waals surface area contributed by atoms with E-state index < -0.39 is 0 Å². The quantitative estimate of drug-likeness (QED) is 0.258. The van der Waals surface area contributed by atoms with Crippen molar-refractivity contribution in [2.45, 2.75) is 58.4 Å². The zero-order valence-corrected chi connectivity index (χ0v) is 23.5. The molecule has 0 radical (unpaired) electrons. The molecule has 6 heteroatoms. The summed E-state index contributed by atoms with van der Waals surface area (Å²) in [4.78, 5) is 6.53. The van der Waals surface area contributed by atoms with Crippen molar-refractivity contribution in [1.29, 1.82) is 5.26 Å². The monoisotopic (exact) mass is 545 g/mol. The molecule has 1 saturated heterocycles. The molecule has 0 amide bonds. The Bertz CT molecular complexity index is 1580. The largest absolute Gasteiger partial charge is 0.488 e. The van der Waals surface area contributed by atoms with Gasteiger partial charge in [-0.3, -0.25) is 9.88 Å². The van der Waals surface area contributed by atoms with Crippen LogP contribution in [-0.2, 0) is 32.6 Å². The maximum Gasteiger partial charge on any atom is 0.128 e. The Morgan fingerprint density at radius 2 is 1.80 bits per heavy atom. The SMILES string of the molecule is Cc1c(COc2cc(OCc3cncc(C#N)c3)c(CN3CCC3CO)c3c2CCC3)cccc1-c1ccccc1. The minimum atomic E-state index is 0.174. The van der Waals surface area contributed by atoms with E-state index >= 15 is 0 Å². The molecule has 2 aliphatic rings. The Labute approximate surface area is 241 Å². The van der Waals surface area contributed by atoms with Crippen LogP contribution in [0, 0.1) is 18.3 Å². The van der Waals surface area contributed by atoms with Crippen molar-refractivity contribution in [3.8, 4) is 28.7 Å². The summed E-state index contributed by atoms with van der Waals surface area (Å²) in [6.45, 7) is 4.85. The minimum Gasteiger partial charge on any atom is -0.488 e. The highest BCUT2D eigenvalue weighted by atomic mass is 16.5. The van der Waals surface area contributed by atoms with E-state index in [1.807, 2.05) is 12.1 Å². The van der Waals surface area contributed by atoms with Crippen LogP contribution in [0.25, 0.3) is 11.1 Å². The first kappa shape index (κ1) is 27.0. The zero-order valence-electron chi connectivity index (χ0n) is 23.5. The molecule has 208 valence electrons. The predicted octanol–water partition coefficient (Wildman–Crippen LogP) is 6.14. The molecule has 2 heterocycles. The van der Waals surface area contributed by atoms with Crippen molar-refractivity contribution in [1.82, 2.24) is 9.88 Å². The van der Waals surface area contributed by atoms with Gasteiger partial charge in [0.05, 0.1) is 12.2 Å². The van der Waals surface area contributed by atoms with Crippen molar-refractivity contribution < 1.29 is 14.6 Å². The molecule has 0 spiro atoms. The van der Waals surface area contributed by atoms with Gasteiger partial charge in [0.25, 0.3) is 0 Å². The van der Waals surface area contributed by atoms with E-state index in [0.717, 1.165) is 61.4 Å². The van der Waals surface area contributed by atoms with Crippen molar-refractivity contribution >= 4 is 0 Å². The number of pyridine rings is 1. The van der Waals surface area contributed by atoms with Crippen LogP contribution in [0.1, 0.15) is 51.8 Å². The number of aliphatic hydroxyl groups is 1. The van der Waals surface area contributed by atoms with E-state index in [1.165, 1.54) is 33.4 Å². The summed E-state index contributed by atoms with van der Waals surface area (Å²) >= 11 is 0. The number of aliphatic hydroxyl groups excluding tert-OH is 1. The van der Waals surface area contributed by atoms with Gasteiger partial charge in [0.15, 0.2) is 0 Å². The highest BCUT2D eigenvalue weighted by Gasteiger charge is 2.31. The van der Waals surface area contributed by atoms with Gasteiger partial charge in [-0.15, -0.1) is 0 Å². The first-order valence-corrected chi connectivity index (χ1v) is 14.4. The molecule has 1 aromatic heterocycles. The minimum absolute atomic E-state index is 0.174. The number of aromatic nitrogens is 1. The normalized spacial score (nSPS) is 16.1.